The SMILES string of the molecule is CCC1(CC)NC(=O)N(CC(=O)O[C@@H](C)C(=O)N[C@@H]2CCCC[C@@H]2C)C1=O. The number of hydrogen-bond acceptors (Lipinski definition) is 5. The van der Waals surface area contributed by atoms with Crippen LogP contribution in [0.15, 0.2) is 0 Å². The van der Waals surface area contributed by atoms with Crippen molar-refractivity contribution in [2.75, 3.05) is 6.54 Å². The molecule has 0 aromatic rings. The molecule has 0 unspecified atom stereocenters. The topological polar surface area (TPSA) is 105 Å². The Morgan fingerprint density at radius 3 is 2.44 bits per heavy atom. The summed E-state index contributed by atoms with van der Waals surface area (Å²) >= 11 is 0. The molecule has 27 heavy (non-hydrogen) atoms. The lowest BCUT2D eigenvalue weighted by Crippen LogP contribution is -2.47. The van der Waals surface area contributed by atoms with Crippen LogP contribution in [0.2, 0.25) is 0 Å². The Labute approximate surface area is 160 Å². The number of urea groups is 1. The van der Waals surface area contributed by atoms with Crippen molar-refractivity contribution in [1.82, 2.24) is 15.5 Å². The summed E-state index contributed by atoms with van der Waals surface area (Å²) in [6.45, 7) is 6.72. The minimum atomic E-state index is -0.977. The highest BCUT2D eigenvalue weighted by molar-refractivity contribution is 6.08. The van der Waals surface area contributed by atoms with E-state index in [1.165, 1.54) is 13.3 Å². The molecular formula is C19H31N3O5. The molecule has 0 radical (unpaired) electrons. The second-order valence-electron chi connectivity index (χ2n) is 7.62. The van der Waals surface area contributed by atoms with Crippen LogP contribution in [0, 0.1) is 5.92 Å². The van der Waals surface area contributed by atoms with Gasteiger partial charge >= 0.3 is 12.0 Å². The first-order valence-corrected chi connectivity index (χ1v) is 9.88. The smallest absolute Gasteiger partial charge is 0.327 e. The summed E-state index contributed by atoms with van der Waals surface area (Å²) in [5, 5.41) is 5.60. The van der Waals surface area contributed by atoms with E-state index in [4.69, 9.17) is 4.74 Å². The number of nitrogens with one attached hydrogen (secondary N) is 2. The molecule has 0 aromatic carbocycles. The van der Waals surface area contributed by atoms with E-state index in [0.29, 0.717) is 18.8 Å². The Bertz CT molecular complexity index is 602. The molecule has 0 aromatic heterocycles. The van der Waals surface area contributed by atoms with Gasteiger partial charge in [-0.1, -0.05) is 33.6 Å². The van der Waals surface area contributed by atoms with Gasteiger partial charge in [-0.2, -0.15) is 0 Å². The molecule has 1 saturated carbocycles. The summed E-state index contributed by atoms with van der Waals surface area (Å²) in [6.07, 6.45) is 4.15. The van der Waals surface area contributed by atoms with Gasteiger partial charge in [0.1, 0.15) is 12.1 Å². The van der Waals surface area contributed by atoms with Gasteiger partial charge in [0.15, 0.2) is 6.10 Å². The molecule has 1 aliphatic carbocycles. The number of imide groups is 1. The van der Waals surface area contributed by atoms with E-state index in [-0.39, 0.29) is 11.9 Å². The summed E-state index contributed by atoms with van der Waals surface area (Å²) in [5.41, 5.74) is -0.961. The van der Waals surface area contributed by atoms with E-state index in [2.05, 4.69) is 17.6 Å². The van der Waals surface area contributed by atoms with Crippen molar-refractivity contribution in [3.63, 3.8) is 0 Å². The van der Waals surface area contributed by atoms with Crippen molar-refractivity contribution in [3.05, 3.63) is 0 Å². The van der Waals surface area contributed by atoms with Crippen LogP contribution in [0.3, 0.4) is 0 Å². The summed E-state index contributed by atoms with van der Waals surface area (Å²) in [5.74, 6) is -1.16. The van der Waals surface area contributed by atoms with Crippen LogP contribution in [0.25, 0.3) is 0 Å². The zero-order valence-electron chi connectivity index (χ0n) is 16.7. The molecule has 3 atom stereocenters. The van der Waals surface area contributed by atoms with Gasteiger partial charge in [0.05, 0.1) is 0 Å². The normalized spacial score (nSPS) is 25.7. The molecule has 0 spiro atoms. The number of ether oxygens (including phenoxy) is 1. The maximum atomic E-state index is 12.5. The molecule has 2 rings (SSSR count). The standard InChI is InChI=1S/C19H31N3O5/c1-5-19(6-2)17(25)22(18(26)21-19)11-15(23)27-13(4)16(24)20-14-10-8-7-9-12(14)3/h12-14H,5-11H2,1-4H3,(H,20,24)(H,21,26)/t12-,13-,14+/m0/s1. The Morgan fingerprint density at radius 2 is 1.89 bits per heavy atom. The van der Waals surface area contributed by atoms with Crippen molar-refractivity contribution in [1.29, 1.82) is 0 Å². The number of carbonyl (C=O) groups is 4. The number of amides is 4. The average Bonchev–Trinajstić information content (AvgIpc) is 2.88. The van der Waals surface area contributed by atoms with Crippen LogP contribution in [0.1, 0.15) is 66.2 Å². The molecular weight excluding hydrogens is 350 g/mol. The molecule has 8 heteroatoms. The number of esters is 1. The number of nitrogens with zero attached hydrogens (tertiary/aromatic N) is 1. The first-order chi connectivity index (χ1) is 12.7. The number of rotatable bonds is 7. The monoisotopic (exact) mass is 381 g/mol. The van der Waals surface area contributed by atoms with Gasteiger partial charge in [-0.15, -0.1) is 0 Å². The molecule has 8 nitrogen and oxygen atoms in total. The van der Waals surface area contributed by atoms with E-state index in [0.717, 1.165) is 24.2 Å². The highest BCUT2D eigenvalue weighted by atomic mass is 16.5. The third-order valence-electron chi connectivity index (χ3n) is 5.86. The fraction of sp³-hybridized carbons (Fsp3) is 0.789. The molecule has 0 bridgehead atoms. The van der Waals surface area contributed by atoms with Crippen LogP contribution in [0.4, 0.5) is 4.79 Å². The fourth-order valence-electron chi connectivity index (χ4n) is 3.80. The Hall–Kier alpha value is -2.12. The Kier molecular flexibility index (Phi) is 6.84. The van der Waals surface area contributed by atoms with Gasteiger partial charge in [-0.3, -0.25) is 19.3 Å². The van der Waals surface area contributed by atoms with Gasteiger partial charge in [-0.05, 0) is 38.5 Å². The maximum Gasteiger partial charge on any atom is 0.327 e. The largest absolute Gasteiger partial charge is 0.451 e. The quantitative estimate of drug-likeness (QED) is 0.516. The molecule has 1 saturated heterocycles. The summed E-state index contributed by atoms with van der Waals surface area (Å²) in [6, 6.07) is -0.512. The van der Waals surface area contributed by atoms with E-state index in [1.807, 2.05) is 13.8 Å². The van der Waals surface area contributed by atoms with Gasteiger partial charge in [0, 0.05) is 6.04 Å². The van der Waals surface area contributed by atoms with E-state index in [9.17, 15) is 19.2 Å². The van der Waals surface area contributed by atoms with Crippen LogP contribution in [-0.4, -0.2) is 52.9 Å². The molecule has 2 N–H and O–H groups in total. The lowest BCUT2D eigenvalue weighted by Gasteiger charge is -2.30. The minimum Gasteiger partial charge on any atom is -0.451 e. The van der Waals surface area contributed by atoms with Crippen LogP contribution < -0.4 is 10.6 Å². The van der Waals surface area contributed by atoms with Crippen molar-refractivity contribution in [3.8, 4) is 0 Å². The van der Waals surface area contributed by atoms with E-state index >= 15 is 0 Å². The number of carbonyl (C=O) groups excluding carboxylic acids is 4. The summed E-state index contributed by atoms with van der Waals surface area (Å²) in [4.78, 5) is 49.9. The predicted octanol–water partition coefficient (Wildman–Crippen LogP) is 1.72. The molecule has 2 aliphatic rings. The minimum absolute atomic E-state index is 0.0908. The third-order valence-corrected chi connectivity index (χ3v) is 5.86. The third kappa shape index (κ3) is 4.59. The van der Waals surface area contributed by atoms with E-state index in [1.54, 1.807) is 0 Å². The van der Waals surface area contributed by atoms with Crippen molar-refractivity contribution in [2.45, 2.75) is 83.9 Å². The van der Waals surface area contributed by atoms with E-state index < -0.39 is 36.1 Å². The van der Waals surface area contributed by atoms with Gasteiger partial charge in [-0.25, -0.2) is 4.79 Å². The lowest BCUT2D eigenvalue weighted by molar-refractivity contribution is -0.157. The Balaban J connectivity index is 1.88. The zero-order chi connectivity index (χ0) is 20.2. The first kappa shape index (κ1) is 21.2. The highest BCUT2D eigenvalue weighted by Crippen LogP contribution is 2.25. The van der Waals surface area contributed by atoms with Crippen LogP contribution in [-0.2, 0) is 19.1 Å². The highest BCUT2D eigenvalue weighted by Gasteiger charge is 2.49. The summed E-state index contributed by atoms with van der Waals surface area (Å²) < 4.78 is 5.16. The average molecular weight is 381 g/mol. The summed E-state index contributed by atoms with van der Waals surface area (Å²) in [7, 11) is 0. The van der Waals surface area contributed by atoms with Gasteiger partial charge in [0.2, 0.25) is 0 Å². The zero-order valence-corrected chi connectivity index (χ0v) is 16.7. The number of hydrogen-bond donors (Lipinski definition) is 2. The van der Waals surface area contributed by atoms with Crippen molar-refractivity contribution in [2.24, 2.45) is 5.92 Å². The van der Waals surface area contributed by atoms with Gasteiger partial charge in [0.25, 0.3) is 11.8 Å². The van der Waals surface area contributed by atoms with Crippen molar-refractivity contribution >= 4 is 23.8 Å². The second kappa shape index (κ2) is 8.71. The molecule has 1 aliphatic heterocycles. The molecule has 2 fully saturated rings. The maximum absolute atomic E-state index is 12.5. The fourth-order valence-corrected chi connectivity index (χ4v) is 3.80. The van der Waals surface area contributed by atoms with Crippen LogP contribution >= 0.6 is 0 Å². The molecule has 152 valence electrons. The first-order valence-electron chi connectivity index (χ1n) is 9.88. The van der Waals surface area contributed by atoms with Crippen molar-refractivity contribution < 1.29 is 23.9 Å². The predicted molar refractivity (Wildman–Crippen MR) is 98.7 cm³/mol. The molecule has 4 amide bonds. The lowest BCUT2D eigenvalue weighted by atomic mass is 9.86. The Morgan fingerprint density at radius 1 is 1.26 bits per heavy atom. The van der Waals surface area contributed by atoms with Crippen LogP contribution in [0.5, 0.6) is 0 Å². The molecule has 1 heterocycles. The van der Waals surface area contributed by atoms with Gasteiger partial charge < -0.3 is 15.4 Å². The second-order valence-corrected chi connectivity index (χ2v) is 7.62.